The van der Waals surface area contributed by atoms with Crippen molar-refractivity contribution in [2.45, 2.75) is 25.2 Å². The number of aryl methyl sites for hydroxylation is 1. The van der Waals surface area contributed by atoms with Crippen molar-refractivity contribution in [3.63, 3.8) is 0 Å². The Morgan fingerprint density at radius 3 is 2.83 bits per heavy atom. The Balaban J connectivity index is 1.60. The van der Waals surface area contributed by atoms with E-state index in [1.807, 2.05) is 18.2 Å². The molecule has 2 aromatic rings. The van der Waals surface area contributed by atoms with Crippen LogP contribution >= 0.6 is 0 Å². The summed E-state index contributed by atoms with van der Waals surface area (Å²) in [5.74, 6) is 1.06. The quantitative estimate of drug-likeness (QED) is 0.836. The molecule has 1 heterocycles. The summed E-state index contributed by atoms with van der Waals surface area (Å²) >= 11 is 0. The lowest BCUT2D eigenvalue weighted by Gasteiger charge is -2.25. The van der Waals surface area contributed by atoms with E-state index < -0.39 is 0 Å². The molecule has 2 aliphatic rings. The van der Waals surface area contributed by atoms with Gasteiger partial charge in [-0.05, 0) is 30.4 Å². The summed E-state index contributed by atoms with van der Waals surface area (Å²) in [6.45, 7) is 0.183. The summed E-state index contributed by atoms with van der Waals surface area (Å²) in [5.41, 5.74) is 9.45. The van der Waals surface area contributed by atoms with E-state index in [4.69, 9.17) is 15.2 Å². The highest BCUT2D eigenvalue weighted by Crippen LogP contribution is 2.39. The molecule has 3 N–H and O–H groups in total. The minimum Gasteiger partial charge on any atom is -0.454 e. The number of benzene rings is 2. The van der Waals surface area contributed by atoms with E-state index in [0.29, 0.717) is 22.9 Å². The fraction of sp³-hybridized carbons (Fsp3) is 0.278. The highest BCUT2D eigenvalue weighted by molar-refractivity contribution is 5.99. The summed E-state index contributed by atoms with van der Waals surface area (Å²) in [6.07, 6.45) is 2.91. The number of carbonyl (C=O) groups is 1. The maximum Gasteiger partial charge on any atom is 0.231 e. The van der Waals surface area contributed by atoms with E-state index in [0.717, 1.165) is 24.8 Å². The highest BCUT2D eigenvalue weighted by atomic mass is 16.7. The zero-order valence-electron chi connectivity index (χ0n) is 12.7. The first-order valence-corrected chi connectivity index (χ1v) is 7.80. The molecule has 5 heteroatoms. The van der Waals surface area contributed by atoms with Crippen LogP contribution in [0.15, 0.2) is 36.4 Å². The van der Waals surface area contributed by atoms with Gasteiger partial charge in [0.15, 0.2) is 11.5 Å². The molecule has 1 unspecified atom stereocenters. The second kappa shape index (κ2) is 5.50. The van der Waals surface area contributed by atoms with Crippen molar-refractivity contribution in [3.05, 3.63) is 47.5 Å². The lowest BCUT2D eigenvalue weighted by atomic mass is 9.82. The number of nitrogens with one attached hydrogen (secondary N) is 1. The first kappa shape index (κ1) is 13.9. The molecule has 4 rings (SSSR count). The van der Waals surface area contributed by atoms with Crippen molar-refractivity contribution in [2.24, 2.45) is 0 Å². The van der Waals surface area contributed by atoms with Gasteiger partial charge in [0.1, 0.15) is 0 Å². The minimum atomic E-state index is -0.134. The van der Waals surface area contributed by atoms with Gasteiger partial charge in [0.2, 0.25) is 12.7 Å². The number of nitrogen functional groups attached to an aromatic ring is 1. The van der Waals surface area contributed by atoms with Crippen LogP contribution in [0.5, 0.6) is 11.5 Å². The first-order valence-electron chi connectivity index (χ1n) is 7.80. The van der Waals surface area contributed by atoms with Crippen LogP contribution < -0.4 is 20.5 Å². The summed E-state index contributed by atoms with van der Waals surface area (Å²) < 4.78 is 10.6. The largest absolute Gasteiger partial charge is 0.454 e. The highest BCUT2D eigenvalue weighted by Gasteiger charge is 2.27. The predicted molar refractivity (Wildman–Crippen MR) is 87.7 cm³/mol. The van der Waals surface area contributed by atoms with Crippen LogP contribution in [0.2, 0.25) is 0 Å². The zero-order chi connectivity index (χ0) is 15.8. The molecule has 0 saturated heterocycles. The van der Waals surface area contributed by atoms with Gasteiger partial charge < -0.3 is 20.5 Å². The molecule has 0 aromatic heterocycles. The molecule has 1 atom stereocenters. The van der Waals surface area contributed by atoms with E-state index in [1.54, 1.807) is 12.1 Å². The number of nitrogens with two attached hydrogens (primary N) is 1. The summed E-state index contributed by atoms with van der Waals surface area (Å²) in [6, 6.07) is 11.6. The first-order chi connectivity index (χ1) is 11.2. The smallest absolute Gasteiger partial charge is 0.231 e. The van der Waals surface area contributed by atoms with Crippen LogP contribution in [-0.4, -0.2) is 12.7 Å². The Labute approximate surface area is 134 Å². The molecule has 0 spiro atoms. The predicted octanol–water partition coefficient (Wildman–Crippen LogP) is 3.06. The van der Waals surface area contributed by atoms with Gasteiger partial charge in [-0.2, -0.15) is 0 Å². The van der Waals surface area contributed by atoms with E-state index >= 15 is 0 Å². The third-order valence-electron chi connectivity index (χ3n) is 4.49. The number of carbonyl (C=O) groups excluding carboxylic acids is 1. The van der Waals surface area contributed by atoms with Gasteiger partial charge in [0.25, 0.3) is 0 Å². The molecule has 5 nitrogen and oxygen atoms in total. The molecule has 1 aliphatic heterocycles. The topological polar surface area (TPSA) is 73.6 Å². The maximum atomic E-state index is 12.7. The van der Waals surface area contributed by atoms with Gasteiger partial charge in [-0.3, -0.25) is 4.79 Å². The van der Waals surface area contributed by atoms with Crippen molar-refractivity contribution < 1.29 is 14.3 Å². The van der Waals surface area contributed by atoms with Crippen LogP contribution in [0.3, 0.4) is 0 Å². The second-order valence-electron chi connectivity index (χ2n) is 5.93. The van der Waals surface area contributed by atoms with Crippen molar-refractivity contribution >= 4 is 17.3 Å². The number of rotatable bonds is 2. The standard InChI is InChI=1S/C18H18N2O3/c19-14-8-16-17(23-10-22-16)9-15(14)20-18(21)13-7-3-5-11-4-1-2-6-12(11)13/h1-2,4,6,8-9,13H,3,5,7,10,19H2,(H,20,21). The molecule has 0 saturated carbocycles. The molecular formula is C18H18N2O3. The number of fused-ring (bicyclic) bond motifs is 2. The van der Waals surface area contributed by atoms with Crippen LogP contribution in [-0.2, 0) is 11.2 Å². The lowest BCUT2D eigenvalue weighted by molar-refractivity contribution is -0.117. The van der Waals surface area contributed by atoms with Gasteiger partial charge in [-0.25, -0.2) is 0 Å². The summed E-state index contributed by atoms with van der Waals surface area (Å²) in [4.78, 5) is 12.7. The van der Waals surface area contributed by atoms with Crippen molar-refractivity contribution in [2.75, 3.05) is 17.8 Å². The number of amides is 1. The normalized spacial score (nSPS) is 18.3. The molecule has 0 bridgehead atoms. The molecule has 23 heavy (non-hydrogen) atoms. The Hall–Kier alpha value is -2.69. The SMILES string of the molecule is Nc1cc2c(cc1NC(=O)C1CCCc3ccccc31)OCO2. The number of anilines is 2. The number of hydrogen-bond donors (Lipinski definition) is 2. The molecule has 1 aliphatic carbocycles. The molecule has 118 valence electrons. The van der Waals surface area contributed by atoms with E-state index in [2.05, 4.69) is 11.4 Å². The Bertz CT molecular complexity index is 773. The molecule has 1 amide bonds. The van der Waals surface area contributed by atoms with E-state index in [9.17, 15) is 4.79 Å². The third kappa shape index (κ3) is 2.48. The average Bonchev–Trinajstić information content (AvgIpc) is 3.01. The van der Waals surface area contributed by atoms with Crippen molar-refractivity contribution in [3.8, 4) is 11.5 Å². The third-order valence-corrected chi connectivity index (χ3v) is 4.49. The molecule has 2 aromatic carbocycles. The number of hydrogen-bond acceptors (Lipinski definition) is 4. The Morgan fingerprint density at radius 2 is 1.96 bits per heavy atom. The average molecular weight is 310 g/mol. The maximum absolute atomic E-state index is 12.7. The van der Waals surface area contributed by atoms with E-state index in [1.165, 1.54) is 5.56 Å². The zero-order valence-corrected chi connectivity index (χ0v) is 12.7. The lowest BCUT2D eigenvalue weighted by Crippen LogP contribution is -2.25. The Morgan fingerprint density at radius 1 is 1.17 bits per heavy atom. The Kier molecular flexibility index (Phi) is 3.33. The van der Waals surface area contributed by atoms with Gasteiger partial charge >= 0.3 is 0 Å². The van der Waals surface area contributed by atoms with Gasteiger partial charge in [0, 0.05) is 12.1 Å². The van der Waals surface area contributed by atoms with Crippen LogP contribution in [0, 0.1) is 0 Å². The van der Waals surface area contributed by atoms with Crippen LogP contribution in [0.25, 0.3) is 0 Å². The van der Waals surface area contributed by atoms with Gasteiger partial charge in [-0.1, -0.05) is 24.3 Å². The molecule has 0 radical (unpaired) electrons. The number of ether oxygens (including phenoxy) is 2. The fourth-order valence-electron chi connectivity index (χ4n) is 3.31. The van der Waals surface area contributed by atoms with Gasteiger partial charge in [0.05, 0.1) is 17.3 Å². The van der Waals surface area contributed by atoms with Crippen LogP contribution in [0.4, 0.5) is 11.4 Å². The van der Waals surface area contributed by atoms with E-state index in [-0.39, 0.29) is 18.6 Å². The van der Waals surface area contributed by atoms with Crippen molar-refractivity contribution in [1.82, 2.24) is 0 Å². The van der Waals surface area contributed by atoms with Gasteiger partial charge in [-0.15, -0.1) is 0 Å². The van der Waals surface area contributed by atoms with Crippen molar-refractivity contribution in [1.29, 1.82) is 0 Å². The molecule has 0 fully saturated rings. The second-order valence-corrected chi connectivity index (χ2v) is 5.93. The minimum absolute atomic E-state index is 0.0253. The summed E-state index contributed by atoms with van der Waals surface area (Å²) in [7, 11) is 0. The molecular weight excluding hydrogens is 292 g/mol. The summed E-state index contributed by atoms with van der Waals surface area (Å²) in [5, 5.41) is 2.95. The fourth-order valence-corrected chi connectivity index (χ4v) is 3.31. The van der Waals surface area contributed by atoms with Crippen LogP contribution in [0.1, 0.15) is 29.9 Å². The monoisotopic (exact) mass is 310 g/mol.